The summed E-state index contributed by atoms with van der Waals surface area (Å²) < 4.78 is 0. The van der Waals surface area contributed by atoms with Crippen molar-refractivity contribution in [3.63, 3.8) is 0 Å². The Hall–Kier alpha value is -1.04. The Morgan fingerprint density at radius 3 is 2.59 bits per heavy atom. The third-order valence-electron chi connectivity index (χ3n) is 4.01. The van der Waals surface area contributed by atoms with Crippen molar-refractivity contribution in [1.29, 1.82) is 0 Å². The number of aryl methyl sites for hydroxylation is 1. The molecule has 1 aliphatic carbocycles. The molecule has 0 heterocycles. The van der Waals surface area contributed by atoms with E-state index in [-0.39, 0.29) is 0 Å². The minimum atomic E-state index is 0.971. The SMILES string of the molecule is CCC1CCCC(=Cc2ccc(C)cc2)CC1. The smallest absolute Gasteiger partial charge is 0.0257 e. The van der Waals surface area contributed by atoms with Gasteiger partial charge in [-0.25, -0.2) is 0 Å². The number of rotatable bonds is 2. The summed E-state index contributed by atoms with van der Waals surface area (Å²) in [5.41, 5.74) is 4.38. The summed E-state index contributed by atoms with van der Waals surface area (Å²) in [6, 6.07) is 8.89. The lowest BCUT2D eigenvalue weighted by Gasteiger charge is -2.09. The van der Waals surface area contributed by atoms with Gasteiger partial charge in [-0.05, 0) is 44.1 Å². The lowest BCUT2D eigenvalue weighted by molar-refractivity contribution is 0.449. The van der Waals surface area contributed by atoms with Crippen LogP contribution in [0.15, 0.2) is 29.8 Å². The summed E-state index contributed by atoms with van der Waals surface area (Å²) in [5.74, 6) is 0.971. The highest BCUT2D eigenvalue weighted by molar-refractivity contribution is 5.53. The lowest BCUT2D eigenvalue weighted by atomic mass is 9.97. The summed E-state index contributed by atoms with van der Waals surface area (Å²) >= 11 is 0. The molecule has 2 rings (SSSR count). The molecule has 17 heavy (non-hydrogen) atoms. The van der Waals surface area contributed by atoms with Crippen LogP contribution in [0.4, 0.5) is 0 Å². The summed E-state index contributed by atoms with van der Waals surface area (Å²) in [5, 5.41) is 0. The third-order valence-corrected chi connectivity index (χ3v) is 4.01. The van der Waals surface area contributed by atoms with E-state index in [1.54, 1.807) is 5.57 Å². The van der Waals surface area contributed by atoms with E-state index in [2.05, 4.69) is 44.2 Å². The van der Waals surface area contributed by atoms with Crippen LogP contribution in [-0.2, 0) is 0 Å². The maximum absolute atomic E-state index is 2.41. The van der Waals surface area contributed by atoms with Gasteiger partial charge in [0.25, 0.3) is 0 Å². The third kappa shape index (κ3) is 3.73. The maximum Gasteiger partial charge on any atom is -0.0257 e. The van der Waals surface area contributed by atoms with Gasteiger partial charge in [-0.2, -0.15) is 0 Å². The van der Waals surface area contributed by atoms with Crippen LogP contribution in [0, 0.1) is 12.8 Å². The van der Waals surface area contributed by atoms with Gasteiger partial charge in [-0.3, -0.25) is 0 Å². The first-order valence-electron chi connectivity index (χ1n) is 7.04. The Morgan fingerprint density at radius 1 is 1.12 bits per heavy atom. The first-order valence-corrected chi connectivity index (χ1v) is 7.04. The Bertz CT molecular complexity index is 370. The quantitative estimate of drug-likeness (QED) is 0.597. The number of hydrogen-bond acceptors (Lipinski definition) is 0. The molecule has 0 bridgehead atoms. The topological polar surface area (TPSA) is 0 Å². The highest BCUT2D eigenvalue weighted by Crippen LogP contribution is 2.29. The first-order chi connectivity index (χ1) is 8.28. The summed E-state index contributed by atoms with van der Waals surface area (Å²) in [4.78, 5) is 0. The zero-order valence-corrected chi connectivity index (χ0v) is 11.2. The second-order valence-corrected chi connectivity index (χ2v) is 5.42. The number of hydrogen-bond donors (Lipinski definition) is 0. The number of allylic oxidation sites excluding steroid dienone is 1. The van der Waals surface area contributed by atoms with Crippen molar-refractivity contribution in [3.8, 4) is 0 Å². The standard InChI is InChI=1S/C17H24/c1-3-15-5-4-6-16(12-11-15)13-17-9-7-14(2)8-10-17/h7-10,13,15H,3-6,11-12H2,1-2H3. The van der Waals surface area contributed by atoms with Crippen molar-refractivity contribution in [2.45, 2.75) is 52.4 Å². The molecule has 1 aliphatic rings. The molecule has 0 aliphatic heterocycles. The summed E-state index contributed by atoms with van der Waals surface area (Å²) in [6.45, 7) is 4.48. The fourth-order valence-electron chi connectivity index (χ4n) is 2.73. The molecule has 0 saturated heterocycles. The van der Waals surface area contributed by atoms with Gasteiger partial charge < -0.3 is 0 Å². The minimum absolute atomic E-state index is 0.971. The second kappa shape index (κ2) is 6.05. The van der Waals surface area contributed by atoms with E-state index in [1.807, 2.05) is 0 Å². The van der Waals surface area contributed by atoms with E-state index in [0.717, 1.165) is 5.92 Å². The van der Waals surface area contributed by atoms with Crippen molar-refractivity contribution < 1.29 is 0 Å². The molecular formula is C17H24. The molecule has 0 spiro atoms. The predicted octanol–water partition coefficient (Wildman–Crippen LogP) is 5.37. The van der Waals surface area contributed by atoms with Crippen molar-refractivity contribution >= 4 is 6.08 Å². The van der Waals surface area contributed by atoms with E-state index >= 15 is 0 Å². The van der Waals surface area contributed by atoms with E-state index < -0.39 is 0 Å². The van der Waals surface area contributed by atoms with Crippen LogP contribution < -0.4 is 0 Å². The molecule has 0 heteroatoms. The van der Waals surface area contributed by atoms with Crippen molar-refractivity contribution in [2.75, 3.05) is 0 Å². The van der Waals surface area contributed by atoms with Crippen LogP contribution in [0.25, 0.3) is 6.08 Å². The van der Waals surface area contributed by atoms with Gasteiger partial charge in [0, 0.05) is 0 Å². The Balaban J connectivity index is 2.04. The van der Waals surface area contributed by atoms with Crippen LogP contribution in [-0.4, -0.2) is 0 Å². The fourth-order valence-corrected chi connectivity index (χ4v) is 2.73. The molecule has 1 saturated carbocycles. The summed E-state index contributed by atoms with van der Waals surface area (Å²) in [6.07, 6.45) is 10.6. The molecule has 1 fully saturated rings. The highest BCUT2D eigenvalue weighted by atomic mass is 14.2. The van der Waals surface area contributed by atoms with Crippen LogP contribution in [0.2, 0.25) is 0 Å². The Kier molecular flexibility index (Phi) is 4.42. The van der Waals surface area contributed by atoms with Crippen molar-refractivity contribution in [2.24, 2.45) is 5.92 Å². The van der Waals surface area contributed by atoms with Gasteiger partial charge in [-0.1, -0.05) is 61.2 Å². The highest BCUT2D eigenvalue weighted by Gasteiger charge is 2.12. The van der Waals surface area contributed by atoms with Crippen LogP contribution >= 0.6 is 0 Å². The first kappa shape index (κ1) is 12.4. The monoisotopic (exact) mass is 228 g/mol. The molecule has 1 aromatic rings. The molecule has 92 valence electrons. The molecule has 1 atom stereocenters. The van der Waals surface area contributed by atoms with Crippen molar-refractivity contribution in [3.05, 3.63) is 41.0 Å². The van der Waals surface area contributed by atoms with E-state index in [1.165, 1.54) is 49.7 Å². The van der Waals surface area contributed by atoms with Gasteiger partial charge in [0.15, 0.2) is 0 Å². The zero-order chi connectivity index (χ0) is 12.1. The van der Waals surface area contributed by atoms with Gasteiger partial charge in [-0.15, -0.1) is 0 Å². The second-order valence-electron chi connectivity index (χ2n) is 5.42. The normalized spacial score (nSPS) is 23.6. The Labute approximate surface area is 106 Å². The average Bonchev–Trinajstić information content (AvgIpc) is 2.57. The number of benzene rings is 1. The van der Waals surface area contributed by atoms with E-state index in [9.17, 15) is 0 Å². The molecular weight excluding hydrogens is 204 g/mol. The van der Waals surface area contributed by atoms with Crippen LogP contribution in [0.1, 0.15) is 56.6 Å². The van der Waals surface area contributed by atoms with Gasteiger partial charge >= 0.3 is 0 Å². The minimum Gasteiger partial charge on any atom is -0.0696 e. The molecule has 0 amide bonds. The van der Waals surface area contributed by atoms with Gasteiger partial charge in [0.1, 0.15) is 0 Å². The van der Waals surface area contributed by atoms with Crippen LogP contribution in [0.5, 0.6) is 0 Å². The van der Waals surface area contributed by atoms with Crippen LogP contribution in [0.3, 0.4) is 0 Å². The summed E-state index contributed by atoms with van der Waals surface area (Å²) in [7, 11) is 0. The van der Waals surface area contributed by atoms with E-state index in [4.69, 9.17) is 0 Å². The lowest BCUT2D eigenvalue weighted by Crippen LogP contribution is -1.94. The molecule has 0 radical (unpaired) electrons. The fraction of sp³-hybridized carbons (Fsp3) is 0.529. The van der Waals surface area contributed by atoms with Gasteiger partial charge in [0.05, 0.1) is 0 Å². The maximum atomic E-state index is 2.41. The Morgan fingerprint density at radius 2 is 1.88 bits per heavy atom. The molecule has 0 N–H and O–H groups in total. The van der Waals surface area contributed by atoms with E-state index in [0.29, 0.717) is 0 Å². The van der Waals surface area contributed by atoms with Crippen molar-refractivity contribution in [1.82, 2.24) is 0 Å². The predicted molar refractivity (Wildman–Crippen MR) is 76.0 cm³/mol. The average molecular weight is 228 g/mol. The van der Waals surface area contributed by atoms with Gasteiger partial charge in [0.2, 0.25) is 0 Å². The molecule has 1 aromatic carbocycles. The molecule has 0 aromatic heterocycles. The largest absolute Gasteiger partial charge is 0.0696 e. The zero-order valence-electron chi connectivity index (χ0n) is 11.2. The molecule has 0 nitrogen and oxygen atoms in total. The molecule has 1 unspecified atom stereocenters.